The van der Waals surface area contributed by atoms with Gasteiger partial charge in [-0.2, -0.15) is 0 Å². The number of thiophene rings is 1. The number of nitrogens with one attached hydrogen (secondary N) is 2. The molecule has 0 radical (unpaired) electrons. The summed E-state index contributed by atoms with van der Waals surface area (Å²) in [4.78, 5) is 23.0. The molecule has 2 aromatic heterocycles. The van der Waals surface area contributed by atoms with E-state index in [1.807, 2.05) is 0 Å². The topological polar surface area (TPSA) is 66.9 Å². The van der Waals surface area contributed by atoms with Crippen LogP contribution in [0.5, 0.6) is 0 Å². The molecule has 1 aliphatic rings. The van der Waals surface area contributed by atoms with E-state index in [9.17, 15) is 4.79 Å². The first-order chi connectivity index (χ1) is 11.3. The van der Waals surface area contributed by atoms with E-state index in [4.69, 9.17) is 0 Å². The van der Waals surface area contributed by atoms with E-state index in [0.29, 0.717) is 6.04 Å². The van der Waals surface area contributed by atoms with E-state index in [1.54, 1.807) is 17.7 Å². The highest BCUT2D eigenvalue weighted by Crippen LogP contribution is 2.28. The van der Waals surface area contributed by atoms with Crippen molar-refractivity contribution in [1.82, 2.24) is 15.3 Å². The first-order valence-corrected chi connectivity index (χ1v) is 9.34. The van der Waals surface area contributed by atoms with Gasteiger partial charge in [0.25, 0.3) is 0 Å². The SMILES string of the molecule is CCc1cc2c(NCC(=O)NC3CCCCCC3)ncnc2s1. The van der Waals surface area contributed by atoms with Gasteiger partial charge in [0.2, 0.25) is 5.91 Å². The third kappa shape index (κ3) is 4.19. The molecule has 3 rings (SSSR count). The normalized spacial score (nSPS) is 16.2. The van der Waals surface area contributed by atoms with Crippen LogP contribution in [0, 0.1) is 0 Å². The summed E-state index contributed by atoms with van der Waals surface area (Å²) in [6.07, 6.45) is 9.79. The van der Waals surface area contributed by atoms with Crippen molar-refractivity contribution in [3.05, 3.63) is 17.3 Å². The van der Waals surface area contributed by atoms with E-state index in [1.165, 1.54) is 30.6 Å². The fraction of sp³-hybridized carbons (Fsp3) is 0.588. The highest BCUT2D eigenvalue weighted by atomic mass is 32.1. The molecule has 0 atom stereocenters. The van der Waals surface area contributed by atoms with Gasteiger partial charge in [-0.15, -0.1) is 11.3 Å². The molecule has 0 unspecified atom stereocenters. The van der Waals surface area contributed by atoms with Gasteiger partial charge in [0.1, 0.15) is 17.0 Å². The lowest BCUT2D eigenvalue weighted by molar-refractivity contribution is -0.120. The minimum atomic E-state index is 0.0506. The minimum absolute atomic E-state index is 0.0506. The molecule has 23 heavy (non-hydrogen) atoms. The second kappa shape index (κ2) is 7.73. The average Bonchev–Trinajstić information content (AvgIpc) is 2.83. The molecule has 0 spiro atoms. The van der Waals surface area contributed by atoms with Crippen LogP contribution in [0.2, 0.25) is 0 Å². The molecule has 2 N–H and O–H groups in total. The van der Waals surface area contributed by atoms with Crippen LogP contribution >= 0.6 is 11.3 Å². The van der Waals surface area contributed by atoms with Crippen molar-refractivity contribution in [3.8, 4) is 0 Å². The highest BCUT2D eigenvalue weighted by Gasteiger charge is 2.15. The first kappa shape index (κ1) is 16.2. The van der Waals surface area contributed by atoms with E-state index >= 15 is 0 Å². The number of carbonyl (C=O) groups excluding carboxylic acids is 1. The van der Waals surface area contributed by atoms with Gasteiger partial charge < -0.3 is 10.6 Å². The fourth-order valence-corrected chi connectivity index (χ4v) is 4.02. The van der Waals surface area contributed by atoms with Gasteiger partial charge in [0, 0.05) is 10.9 Å². The second-order valence-electron chi connectivity index (χ2n) is 6.12. The minimum Gasteiger partial charge on any atom is -0.360 e. The lowest BCUT2D eigenvalue weighted by Crippen LogP contribution is -2.38. The monoisotopic (exact) mass is 332 g/mol. The quantitative estimate of drug-likeness (QED) is 0.822. The van der Waals surface area contributed by atoms with E-state index in [0.717, 1.165) is 35.3 Å². The van der Waals surface area contributed by atoms with Crippen molar-refractivity contribution in [2.24, 2.45) is 0 Å². The number of rotatable bonds is 5. The molecule has 1 fully saturated rings. The number of amides is 1. The van der Waals surface area contributed by atoms with Gasteiger partial charge in [-0.05, 0) is 25.3 Å². The molecule has 1 amide bonds. The van der Waals surface area contributed by atoms with Crippen LogP contribution in [0.15, 0.2) is 12.4 Å². The molecule has 2 aromatic rings. The number of anilines is 1. The van der Waals surface area contributed by atoms with Crippen LogP contribution in [0.4, 0.5) is 5.82 Å². The number of aryl methyl sites for hydroxylation is 1. The summed E-state index contributed by atoms with van der Waals surface area (Å²) in [7, 11) is 0. The van der Waals surface area contributed by atoms with Gasteiger partial charge in [-0.3, -0.25) is 4.79 Å². The van der Waals surface area contributed by atoms with Crippen molar-refractivity contribution in [3.63, 3.8) is 0 Å². The summed E-state index contributed by atoms with van der Waals surface area (Å²) >= 11 is 1.68. The van der Waals surface area contributed by atoms with Crippen molar-refractivity contribution in [2.75, 3.05) is 11.9 Å². The van der Waals surface area contributed by atoms with Crippen LogP contribution in [-0.2, 0) is 11.2 Å². The van der Waals surface area contributed by atoms with Crippen LogP contribution in [-0.4, -0.2) is 28.5 Å². The molecule has 2 heterocycles. The standard InChI is InChI=1S/C17H24N4OS/c1-2-13-9-14-16(19-11-20-17(14)23-13)18-10-15(22)21-12-7-5-3-4-6-8-12/h9,11-12H,2-8,10H2,1H3,(H,21,22)(H,18,19,20). The molecular formula is C17H24N4OS. The third-order valence-corrected chi connectivity index (χ3v) is 5.55. The summed E-state index contributed by atoms with van der Waals surface area (Å²) in [6.45, 7) is 2.39. The Balaban J connectivity index is 1.59. The molecule has 0 saturated heterocycles. The number of carbonyl (C=O) groups is 1. The van der Waals surface area contributed by atoms with E-state index in [-0.39, 0.29) is 12.5 Å². The number of fused-ring (bicyclic) bond motifs is 1. The lowest BCUT2D eigenvalue weighted by atomic mass is 10.1. The Kier molecular flexibility index (Phi) is 5.43. The second-order valence-corrected chi connectivity index (χ2v) is 7.23. The van der Waals surface area contributed by atoms with E-state index < -0.39 is 0 Å². The predicted octanol–water partition coefficient (Wildman–Crippen LogP) is 3.50. The summed E-state index contributed by atoms with van der Waals surface area (Å²) in [5.41, 5.74) is 0. The number of hydrogen-bond acceptors (Lipinski definition) is 5. The van der Waals surface area contributed by atoms with Crippen molar-refractivity contribution < 1.29 is 4.79 Å². The molecule has 1 aliphatic carbocycles. The average molecular weight is 332 g/mol. The van der Waals surface area contributed by atoms with Crippen LogP contribution in [0.3, 0.4) is 0 Å². The van der Waals surface area contributed by atoms with Crippen LogP contribution < -0.4 is 10.6 Å². The van der Waals surface area contributed by atoms with Gasteiger partial charge in [-0.25, -0.2) is 9.97 Å². The fourth-order valence-electron chi connectivity index (χ4n) is 3.09. The molecular weight excluding hydrogens is 308 g/mol. The Bertz CT molecular complexity index is 662. The molecule has 124 valence electrons. The molecule has 0 bridgehead atoms. The van der Waals surface area contributed by atoms with Gasteiger partial charge in [0.15, 0.2) is 0 Å². The lowest BCUT2D eigenvalue weighted by Gasteiger charge is -2.16. The van der Waals surface area contributed by atoms with Crippen molar-refractivity contribution in [2.45, 2.75) is 57.9 Å². The molecule has 6 heteroatoms. The third-order valence-electron chi connectivity index (χ3n) is 4.37. The summed E-state index contributed by atoms with van der Waals surface area (Å²) in [6, 6.07) is 2.45. The van der Waals surface area contributed by atoms with Gasteiger partial charge >= 0.3 is 0 Å². The maximum atomic E-state index is 12.2. The molecule has 0 aliphatic heterocycles. The molecule has 0 aromatic carbocycles. The van der Waals surface area contributed by atoms with Crippen molar-refractivity contribution >= 4 is 33.3 Å². The zero-order chi connectivity index (χ0) is 16.1. The Morgan fingerprint density at radius 2 is 2.04 bits per heavy atom. The summed E-state index contributed by atoms with van der Waals surface area (Å²) in [5.74, 6) is 0.802. The zero-order valence-corrected chi connectivity index (χ0v) is 14.4. The molecule has 1 saturated carbocycles. The van der Waals surface area contributed by atoms with Crippen molar-refractivity contribution in [1.29, 1.82) is 0 Å². The smallest absolute Gasteiger partial charge is 0.239 e. The zero-order valence-electron chi connectivity index (χ0n) is 13.6. The first-order valence-electron chi connectivity index (χ1n) is 8.53. The van der Waals surface area contributed by atoms with Gasteiger partial charge in [-0.1, -0.05) is 32.6 Å². The van der Waals surface area contributed by atoms with Gasteiger partial charge in [0.05, 0.1) is 11.9 Å². The maximum absolute atomic E-state index is 12.2. The Hall–Kier alpha value is -1.69. The predicted molar refractivity (Wildman–Crippen MR) is 94.9 cm³/mol. The highest BCUT2D eigenvalue weighted by molar-refractivity contribution is 7.18. The van der Waals surface area contributed by atoms with E-state index in [2.05, 4.69) is 33.6 Å². The maximum Gasteiger partial charge on any atom is 0.239 e. The van der Waals surface area contributed by atoms with Crippen LogP contribution in [0.1, 0.15) is 50.3 Å². The molecule has 5 nitrogen and oxygen atoms in total. The Morgan fingerprint density at radius 1 is 1.26 bits per heavy atom. The number of aromatic nitrogens is 2. The number of hydrogen-bond donors (Lipinski definition) is 2. The Labute approximate surface area is 140 Å². The summed E-state index contributed by atoms with van der Waals surface area (Å²) in [5, 5.41) is 7.34. The summed E-state index contributed by atoms with van der Waals surface area (Å²) < 4.78 is 0. The number of nitrogens with zero attached hydrogens (tertiary/aromatic N) is 2. The Morgan fingerprint density at radius 3 is 2.78 bits per heavy atom. The largest absolute Gasteiger partial charge is 0.360 e. The van der Waals surface area contributed by atoms with Crippen LogP contribution in [0.25, 0.3) is 10.2 Å².